The molecule has 0 spiro atoms. The molecule has 0 aliphatic heterocycles. The third kappa shape index (κ3) is 6.37. The molecule has 0 saturated heterocycles. The molecule has 0 amide bonds. The zero-order valence-electron chi connectivity index (χ0n) is 21.9. The second kappa shape index (κ2) is 12.2. The molecule has 40 heavy (non-hydrogen) atoms. The number of thiol groups is 1. The fraction of sp³-hybridized carbons (Fsp3) is 0.276. The molecule has 0 bridgehead atoms. The Labute approximate surface area is 236 Å². The highest BCUT2D eigenvalue weighted by Gasteiger charge is 2.43. The molecule has 3 aromatic rings. The normalized spacial score (nSPS) is 17.5. The van der Waals surface area contributed by atoms with Crippen molar-refractivity contribution in [2.24, 2.45) is 5.41 Å². The first kappa shape index (κ1) is 29.3. The van der Waals surface area contributed by atoms with Crippen molar-refractivity contribution in [2.75, 3.05) is 11.9 Å². The topological polar surface area (TPSA) is 78.6 Å². The van der Waals surface area contributed by atoms with Crippen molar-refractivity contribution >= 4 is 30.3 Å². The first-order valence-electron chi connectivity index (χ1n) is 12.7. The van der Waals surface area contributed by atoms with Crippen LogP contribution in [0.5, 0.6) is 0 Å². The van der Waals surface area contributed by atoms with E-state index in [9.17, 15) is 17.6 Å². The lowest BCUT2D eigenvalue weighted by Crippen LogP contribution is -2.34. The lowest BCUT2D eigenvalue weighted by molar-refractivity contribution is -0.137. The first-order chi connectivity index (χ1) is 19.1. The highest BCUT2D eigenvalue weighted by Crippen LogP contribution is 2.52. The average molecular weight is 571 g/mol. The van der Waals surface area contributed by atoms with Gasteiger partial charge in [0.2, 0.25) is 0 Å². The van der Waals surface area contributed by atoms with Crippen LogP contribution in [-0.4, -0.2) is 27.3 Å². The molecular formula is C29H30F4N6S. The van der Waals surface area contributed by atoms with Gasteiger partial charge in [-0.3, -0.25) is 9.71 Å². The molecule has 210 valence electrons. The minimum atomic E-state index is -4.54. The number of nitrogens with zero attached hydrogens (tertiary/aromatic N) is 3. The molecular weight excluding hydrogens is 540 g/mol. The Hall–Kier alpha value is -3.70. The molecule has 2 heterocycles. The van der Waals surface area contributed by atoms with Gasteiger partial charge in [0.1, 0.15) is 5.82 Å². The average Bonchev–Trinajstić information content (AvgIpc) is 3.40. The van der Waals surface area contributed by atoms with Gasteiger partial charge in [0.05, 0.1) is 23.3 Å². The van der Waals surface area contributed by atoms with Crippen LogP contribution in [0, 0.1) is 16.6 Å². The van der Waals surface area contributed by atoms with Gasteiger partial charge in [-0.05, 0) is 73.4 Å². The number of aryl methyl sites for hydroxylation is 1. The number of aromatic nitrogens is 3. The molecule has 1 unspecified atom stereocenters. The third-order valence-corrected chi connectivity index (χ3v) is 7.31. The molecule has 1 aromatic carbocycles. The number of hydrogen-bond acceptors (Lipinski definition) is 6. The number of allylic oxidation sites excluding steroid dienone is 3. The molecule has 1 atom stereocenters. The maximum absolute atomic E-state index is 13.6. The van der Waals surface area contributed by atoms with Crippen LogP contribution in [0.2, 0.25) is 0 Å². The highest BCUT2D eigenvalue weighted by molar-refractivity contribution is 7.78. The summed E-state index contributed by atoms with van der Waals surface area (Å²) in [7, 11) is 0. The van der Waals surface area contributed by atoms with Crippen molar-refractivity contribution in [3.63, 3.8) is 0 Å². The second-order valence-electron chi connectivity index (χ2n) is 9.58. The Morgan fingerprint density at radius 2 is 1.98 bits per heavy atom. The summed E-state index contributed by atoms with van der Waals surface area (Å²) in [5, 5.41) is 11.5. The van der Waals surface area contributed by atoms with Crippen LogP contribution in [0.25, 0.3) is 5.57 Å². The minimum absolute atomic E-state index is 0.119. The van der Waals surface area contributed by atoms with Crippen LogP contribution in [0.1, 0.15) is 36.7 Å². The van der Waals surface area contributed by atoms with Gasteiger partial charge in [-0.25, -0.2) is 9.37 Å². The fourth-order valence-electron chi connectivity index (χ4n) is 4.95. The minimum Gasteiger partial charge on any atom is -0.355 e. The maximum Gasteiger partial charge on any atom is 0.416 e. The molecule has 0 saturated carbocycles. The van der Waals surface area contributed by atoms with Crippen molar-refractivity contribution in [3.8, 4) is 0 Å². The van der Waals surface area contributed by atoms with E-state index >= 15 is 0 Å². The third-order valence-electron chi connectivity index (χ3n) is 7.08. The molecule has 3 N–H and O–H groups in total. The number of pyridine rings is 1. The lowest BCUT2D eigenvalue weighted by atomic mass is 9.63. The lowest BCUT2D eigenvalue weighted by Gasteiger charge is -2.41. The van der Waals surface area contributed by atoms with E-state index in [0.717, 1.165) is 29.6 Å². The predicted octanol–water partition coefficient (Wildman–Crippen LogP) is 6.87. The first-order valence-corrected chi connectivity index (χ1v) is 13.1. The monoisotopic (exact) mass is 570 g/mol. The number of benzene rings is 1. The Balaban J connectivity index is 1.86. The van der Waals surface area contributed by atoms with Gasteiger partial charge in [-0.1, -0.05) is 25.0 Å². The fourth-order valence-corrected chi connectivity index (χ4v) is 5.07. The second-order valence-corrected chi connectivity index (χ2v) is 9.90. The summed E-state index contributed by atoms with van der Waals surface area (Å²) in [6.07, 6.45) is 4.40. The molecule has 11 heteroatoms. The van der Waals surface area contributed by atoms with E-state index in [2.05, 4.69) is 39.4 Å². The smallest absolute Gasteiger partial charge is 0.355 e. The van der Waals surface area contributed by atoms with E-state index in [0.29, 0.717) is 48.5 Å². The number of nitrogens with one attached hydrogen (secondary N) is 3. The van der Waals surface area contributed by atoms with Crippen LogP contribution >= 0.6 is 12.8 Å². The maximum atomic E-state index is 13.6. The van der Waals surface area contributed by atoms with Gasteiger partial charge in [0.15, 0.2) is 0 Å². The number of imidazole rings is 1. The Kier molecular flexibility index (Phi) is 8.95. The summed E-state index contributed by atoms with van der Waals surface area (Å²) in [4.78, 5) is 8.85. The largest absolute Gasteiger partial charge is 0.416 e. The molecule has 0 fully saturated rings. The van der Waals surface area contributed by atoms with Crippen molar-refractivity contribution in [3.05, 3.63) is 107 Å². The van der Waals surface area contributed by atoms with E-state index in [-0.39, 0.29) is 17.9 Å². The Bertz CT molecular complexity index is 1440. The Morgan fingerprint density at radius 1 is 1.23 bits per heavy atom. The molecule has 6 nitrogen and oxygen atoms in total. The van der Waals surface area contributed by atoms with E-state index in [1.807, 2.05) is 23.8 Å². The van der Waals surface area contributed by atoms with Gasteiger partial charge < -0.3 is 15.3 Å². The molecule has 1 aliphatic carbocycles. The zero-order valence-corrected chi connectivity index (χ0v) is 22.8. The van der Waals surface area contributed by atoms with Crippen LogP contribution in [0.4, 0.5) is 23.2 Å². The van der Waals surface area contributed by atoms with E-state index < -0.39 is 17.2 Å². The number of alkyl halides is 3. The van der Waals surface area contributed by atoms with Crippen molar-refractivity contribution in [2.45, 2.75) is 38.9 Å². The van der Waals surface area contributed by atoms with Crippen molar-refractivity contribution in [1.29, 1.82) is 5.41 Å². The van der Waals surface area contributed by atoms with Crippen LogP contribution in [-0.2, 0) is 19.1 Å². The van der Waals surface area contributed by atoms with Gasteiger partial charge in [-0.15, -0.1) is 0 Å². The van der Waals surface area contributed by atoms with Gasteiger partial charge >= 0.3 is 6.18 Å². The van der Waals surface area contributed by atoms with Crippen molar-refractivity contribution < 1.29 is 17.6 Å². The zero-order chi connectivity index (χ0) is 28.9. The van der Waals surface area contributed by atoms with Gasteiger partial charge in [0.25, 0.3) is 0 Å². The highest BCUT2D eigenvalue weighted by atomic mass is 32.1. The predicted molar refractivity (Wildman–Crippen MR) is 152 cm³/mol. The number of anilines is 1. The summed E-state index contributed by atoms with van der Waals surface area (Å²) in [5.41, 5.74) is 2.23. The van der Waals surface area contributed by atoms with Crippen LogP contribution in [0.15, 0.2) is 84.6 Å². The van der Waals surface area contributed by atoms with Gasteiger partial charge in [-0.2, -0.15) is 13.2 Å². The summed E-state index contributed by atoms with van der Waals surface area (Å²) in [6, 6.07) is 7.81. The number of halogens is 4. The van der Waals surface area contributed by atoms with E-state index in [1.165, 1.54) is 18.3 Å². The van der Waals surface area contributed by atoms with E-state index in [1.54, 1.807) is 18.5 Å². The summed E-state index contributed by atoms with van der Waals surface area (Å²) in [5.74, 6) is -0.373. The summed E-state index contributed by atoms with van der Waals surface area (Å²) in [6.45, 7) is 7.47. The van der Waals surface area contributed by atoms with Gasteiger partial charge in [0, 0.05) is 54.9 Å². The number of rotatable bonds is 11. The van der Waals surface area contributed by atoms with Crippen LogP contribution in [0.3, 0.4) is 0 Å². The standard InChI is InChI=1S/C29H30F4N6S/c1-3-39-17-25(36-18-39)15-28(19(2)26-13-22(8-10-35-26)29(31,32)33)14-20(16-34)27(12-21(28)9-11-37-40)38-24-6-4-23(30)5-7-24/h4-8,10,12-13,16-18,34,37-38,40H,2-3,9,11,14-15H2,1H3. The molecule has 1 aliphatic rings. The van der Waals surface area contributed by atoms with Crippen molar-refractivity contribution in [1.82, 2.24) is 19.3 Å². The molecule has 4 rings (SSSR count). The van der Waals surface area contributed by atoms with E-state index in [4.69, 9.17) is 5.41 Å². The quantitative estimate of drug-likeness (QED) is 0.115. The van der Waals surface area contributed by atoms with Crippen LogP contribution < -0.4 is 10.0 Å². The summed E-state index contributed by atoms with van der Waals surface area (Å²) >= 11 is 4.16. The summed E-state index contributed by atoms with van der Waals surface area (Å²) < 4.78 is 59.2. The number of hydrogen-bond donors (Lipinski definition) is 4. The SMILES string of the molecule is C=C(c1cc(C(F)(F)F)ccn1)C1(Cc2cn(CC)cn2)CC(C=N)=C(Nc2ccc(F)cc2)C=C1CCNS. The molecule has 2 aromatic heterocycles. The molecule has 0 radical (unpaired) electrons. The Morgan fingerprint density at radius 3 is 2.60 bits per heavy atom.